The summed E-state index contributed by atoms with van der Waals surface area (Å²) in [7, 11) is 0. The van der Waals surface area contributed by atoms with Crippen molar-refractivity contribution in [3.05, 3.63) is 63.0 Å². The zero-order chi connectivity index (χ0) is 16.1. The van der Waals surface area contributed by atoms with Gasteiger partial charge in [0.05, 0.1) is 6.54 Å². The highest BCUT2D eigenvalue weighted by molar-refractivity contribution is 7.10. The van der Waals surface area contributed by atoms with E-state index < -0.39 is 0 Å². The predicted molar refractivity (Wildman–Crippen MR) is 85.6 cm³/mol. The molecule has 0 unspecified atom stereocenters. The Bertz CT molecular complexity index is 880. The van der Waals surface area contributed by atoms with E-state index in [4.69, 9.17) is 4.52 Å². The number of aromatic nitrogens is 3. The van der Waals surface area contributed by atoms with Gasteiger partial charge >= 0.3 is 0 Å². The minimum Gasteiger partial charge on any atom is -0.343 e. The number of nitrogens with zero attached hydrogens (tertiary/aromatic N) is 2. The van der Waals surface area contributed by atoms with Crippen LogP contribution in [0.25, 0.3) is 17.5 Å². The molecule has 3 rings (SSSR count). The van der Waals surface area contributed by atoms with Crippen molar-refractivity contribution in [3.63, 3.8) is 0 Å². The van der Waals surface area contributed by atoms with E-state index in [0.29, 0.717) is 11.4 Å². The fraction of sp³-hybridized carbons (Fsp3) is 0.0667. The summed E-state index contributed by atoms with van der Waals surface area (Å²) < 4.78 is 5.05. The Morgan fingerprint density at radius 2 is 2.35 bits per heavy atom. The van der Waals surface area contributed by atoms with Crippen LogP contribution in [0.15, 0.2) is 51.2 Å². The molecule has 0 radical (unpaired) electrons. The molecular formula is C15H12N4O3S. The number of H-pyrrole nitrogens is 1. The van der Waals surface area contributed by atoms with Gasteiger partial charge in [0.1, 0.15) is 0 Å². The first kappa shape index (κ1) is 14.9. The molecule has 1 amide bonds. The minimum atomic E-state index is -0.255. The maximum Gasteiger partial charge on any atom is 0.248 e. The first-order chi connectivity index (χ1) is 11.2. The van der Waals surface area contributed by atoms with Gasteiger partial charge in [-0.3, -0.25) is 9.59 Å². The molecule has 0 aliphatic heterocycles. The summed E-state index contributed by atoms with van der Waals surface area (Å²) in [5, 5.41) is 8.37. The molecule has 3 heterocycles. The van der Waals surface area contributed by atoms with Gasteiger partial charge in [0.25, 0.3) is 0 Å². The molecule has 8 heteroatoms. The molecule has 0 saturated heterocycles. The SMILES string of the molecule is O=C(/C=C\c1cccs1)NCc1nc(-c2cc[nH]c(=O)c2)no1. The van der Waals surface area contributed by atoms with Gasteiger partial charge in [-0.05, 0) is 23.6 Å². The second-order valence-corrected chi connectivity index (χ2v) is 5.50. The van der Waals surface area contributed by atoms with Crippen molar-refractivity contribution in [1.82, 2.24) is 20.4 Å². The van der Waals surface area contributed by atoms with E-state index in [0.717, 1.165) is 4.88 Å². The van der Waals surface area contributed by atoms with Crippen LogP contribution in [-0.2, 0) is 11.3 Å². The summed E-state index contributed by atoms with van der Waals surface area (Å²) in [5.74, 6) is 0.307. The van der Waals surface area contributed by atoms with E-state index in [9.17, 15) is 9.59 Å². The Morgan fingerprint density at radius 3 is 3.13 bits per heavy atom. The Labute approximate surface area is 134 Å². The molecule has 0 aromatic carbocycles. The average molecular weight is 328 g/mol. The number of rotatable bonds is 5. The van der Waals surface area contributed by atoms with E-state index >= 15 is 0 Å². The predicted octanol–water partition coefficient (Wildman–Crippen LogP) is 1.82. The molecule has 0 saturated carbocycles. The van der Waals surface area contributed by atoms with Crippen molar-refractivity contribution in [2.45, 2.75) is 6.54 Å². The molecule has 0 aliphatic carbocycles. The molecule has 0 fully saturated rings. The standard InChI is InChI=1S/C15H12N4O3S/c20-12(4-3-11-2-1-7-23-11)17-9-14-18-15(19-22-14)10-5-6-16-13(21)8-10/h1-8H,9H2,(H,16,21)(H,17,20)/b4-3-. The largest absolute Gasteiger partial charge is 0.343 e. The van der Waals surface area contributed by atoms with E-state index in [2.05, 4.69) is 20.4 Å². The zero-order valence-electron chi connectivity index (χ0n) is 11.9. The number of nitrogens with one attached hydrogen (secondary N) is 2. The number of carbonyl (C=O) groups excluding carboxylic acids is 1. The highest BCUT2D eigenvalue weighted by Gasteiger charge is 2.09. The van der Waals surface area contributed by atoms with Crippen LogP contribution in [0.2, 0.25) is 0 Å². The van der Waals surface area contributed by atoms with Crippen molar-refractivity contribution in [2.75, 3.05) is 0 Å². The van der Waals surface area contributed by atoms with Gasteiger partial charge in [-0.25, -0.2) is 0 Å². The Hall–Kier alpha value is -3.00. The minimum absolute atomic E-state index is 0.115. The van der Waals surface area contributed by atoms with Crippen molar-refractivity contribution >= 4 is 23.3 Å². The van der Waals surface area contributed by atoms with E-state index in [1.165, 1.54) is 18.3 Å². The van der Waals surface area contributed by atoms with Crippen LogP contribution in [0, 0.1) is 0 Å². The van der Waals surface area contributed by atoms with Gasteiger partial charge in [-0.2, -0.15) is 4.98 Å². The van der Waals surface area contributed by atoms with Gasteiger partial charge in [0.15, 0.2) is 0 Å². The number of hydrogen-bond donors (Lipinski definition) is 2. The molecule has 3 aromatic rings. The summed E-state index contributed by atoms with van der Waals surface area (Å²) >= 11 is 1.55. The lowest BCUT2D eigenvalue weighted by Crippen LogP contribution is -2.20. The fourth-order valence-electron chi connectivity index (χ4n) is 1.79. The van der Waals surface area contributed by atoms with Crippen LogP contribution >= 0.6 is 11.3 Å². The lowest BCUT2D eigenvalue weighted by Gasteiger charge is -1.96. The summed E-state index contributed by atoms with van der Waals surface area (Å²) in [5.41, 5.74) is 0.300. The molecule has 0 atom stereocenters. The lowest BCUT2D eigenvalue weighted by molar-refractivity contribution is -0.116. The van der Waals surface area contributed by atoms with Gasteiger partial charge in [-0.15, -0.1) is 11.3 Å². The van der Waals surface area contributed by atoms with Crippen LogP contribution < -0.4 is 10.9 Å². The summed E-state index contributed by atoms with van der Waals surface area (Å²) in [6.07, 6.45) is 4.68. The third-order valence-corrected chi connectivity index (χ3v) is 3.69. The number of amides is 1. The normalized spacial score (nSPS) is 11.0. The smallest absolute Gasteiger partial charge is 0.248 e. The van der Waals surface area contributed by atoms with Crippen molar-refractivity contribution in [3.8, 4) is 11.4 Å². The Balaban J connectivity index is 1.59. The average Bonchev–Trinajstić information content (AvgIpc) is 3.22. The number of aromatic amines is 1. The number of carbonyl (C=O) groups is 1. The summed E-state index contributed by atoms with van der Waals surface area (Å²) in [6, 6.07) is 6.87. The van der Waals surface area contributed by atoms with Gasteiger partial charge in [0.2, 0.25) is 23.2 Å². The van der Waals surface area contributed by atoms with Crippen LogP contribution in [0.3, 0.4) is 0 Å². The quantitative estimate of drug-likeness (QED) is 0.696. The van der Waals surface area contributed by atoms with Crippen LogP contribution in [0.5, 0.6) is 0 Å². The number of hydrogen-bond acceptors (Lipinski definition) is 6. The van der Waals surface area contributed by atoms with Gasteiger partial charge in [-0.1, -0.05) is 11.2 Å². The highest BCUT2D eigenvalue weighted by Crippen LogP contribution is 2.12. The van der Waals surface area contributed by atoms with E-state index in [-0.39, 0.29) is 23.9 Å². The monoisotopic (exact) mass is 328 g/mol. The van der Waals surface area contributed by atoms with Crippen LogP contribution in [-0.4, -0.2) is 21.0 Å². The summed E-state index contributed by atoms with van der Waals surface area (Å²) in [4.78, 5) is 30.6. The van der Waals surface area contributed by atoms with Gasteiger partial charge in [0, 0.05) is 28.8 Å². The Morgan fingerprint density at radius 1 is 1.43 bits per heavy atom. The molecule has 0 bridgehead atoms. The topological polar surface area (TPSA) is 101 Å². The molecule has 23 heavy (non-hydrogen) atoms. The second kappa shape index (κ2) is 6.84. The van der Waals surface area contributed by atoms with E-state index in [1.54, 1.807) is 23.5 Å². The molecule has 2 N–H and O–H groups in total. The fourth-order valence-corrected chi connectivity index (χ4v) is 2.41. The zero-order valence-corrected chi connectivity index (χ0v) is 12.7. The molecule has 116 valence electrons. The third-order valence-electron chi connectivity index (χ3n) is 2.86. The van der Waals surface area contributed by atoms with Crippen molar-refractivity contribution < 1.29 is 9.32 Å². The highest BCUT2D eigenvalue weighted by atomic mass is 32.1. The maximum atomic E-state index is 11.7. The molecular weight excluding hydrogens is 316 g/mol. The molecule has 3 aromatic heterocycles. The van der Waals surface area contributed by atoms with E-state index in [1.807, 2.05) is 17.5 Å². The second-order valence-electron chi connectivity index (χ2n) is 4.52. The molecule has 7 nitrogen and oxygen atoms in total. The van der Waals surface area contributed by atoms with Crippen molar-refractivity contribution in [1.29, 1.82) is 0 Å². The Kier molecular flexibility index (Phi) is 4.44. The maximum absolute atomic E-state index is 11.7. The van der Waals surface area contributed by atoms with Crippen LogP contribution in [0.4, 0.5) is 0 Å². The third kappa shape index (κ3) is 4.01. The molecule has 0 aliphatic rings. The first-order valence-electron chi connectivity index (χ1n) is 6.72. The summed E-state index contributed by atoms with van der Waals surface area (Å²) in [6.45, 7) is 0.115. The van der Waals surface area contributed by atoms with Crippen molar-refractivity contribution in [2.24, 2.45) is 0 Å². The number of pyridine rings is 1. The van der Waals surface area contributed by atoms with Gasteiger partial charge < -0.3 is 14.8 Å². The van der Waals surface area contributed by atoms with Crippen LogP contribution in [0.1, 0.15) is 10.8 Å². The molecule has 0 spiro atoms. The lowest BCUT2D eigenvalue weighted by atomic mass is 10.2. The number of thiophene rings is 1. The first-order valence-corrected chi connectivity index (χ1v) is 7.60.